The predicted octanol–water partition coefficient (Wildman–Crippen LogP) is 2.12. The first-order valence-corrected chi connectivity index (χ1v) is 6.41. The van der Waals surface area contributed by atoms with Crippen LogP contribution in [0.4, 0.5) is 10.1 Å². The second-order valence-corrected chi connectivity index (χ2v) is 5.02. The fourth-order valence-corrected chi connectivity index (χ4v) is 2.49. The summed E-state index contributed by atoms with van der Waals surface area (Å²) in [7, 11) is 1.42. The van der Waals surface area contributed by atoms with Crippen molar-refractivity contribution in [2.45, 2.75) is 5.60 Å². The molecule has 2 aromatic rings. The molecule has 0 saturated carbocycles. The third-order valence-corrected chi connectivity index (χ3v) is 3.63. The normalized spacial score (nSPS) is 20.1. The maximum absolute atomic E-state index is 14.1. The van der Waals surface area contributed by atoms with Gasteiger partial charge in [-0.3, -0.25) is 0 Å². The molecule has 21 heavy (non-hydrogen) atoms. The molecule has 0 spiro atoms. The lowest BCUT2D eigenvalue weighted by Gasteiger charge is -2.25. The summed E-state index contributed by atoms with van der Waals surface area (Å²) in [5.74, 6) is -0.707. The van der Waals surface area contributed by atoms with E-state index in [0.717, 1.165) is 0 Å². The molecule has 108 valence electrons. The topological polar surface area (TPSA) is 80.7 Å². The van der Waals surface area contributed by atoms with E-state index in [1.165, 1.54) is 25.4 Å². The van der Waals surface area contributed by atoms with Gasteiger partial charge in [0.1, 0.15) is 11.6 Å². The predicted molar refractivity (Wildman–Crippen MR) is 76.5 cm³/mol. The fourth-order valence-electron chi connectivity index (χ4n) is 2.32. The number of ether oxygens (including phenoxy) is 1. The van der Waals surface area contributed by atoms with Gasteiger partial charge in [-0.05, 0) is 24.3 Å². The van der Waals surface area contributed by atoms with Crippen LogP contribution in [0.1, 0.15) is 11.1 Å². The summed E-state index contributed by atoms with van der Waals surface area (Å²) in [6.07, 6.45) is 1.21. The summed E-state index contributed by atoms with van der Waals surface area (Å²) < 4.78 is 19.1. The zero-order valence-electron chi connectivity index (χ0n) is 11.0. The highest BCUT2D eigenvalue weighted by Crippen LogP contribution is 2.43. The van der Waals surface area contributed by atoms with Crippen molar-refractivity contribution in [3.05, 3.63) is 52.6 Å². The molecule has 1 aromatic heterocycles. The number of hydrogen-bond donors (Lipinski definition) is 2. The zero-order chi connectivity index (χ0) is 15.2. The lowest BCUT2D eigenvalue weighted by molar-refractivity contribution is 0.152. The van der Waals surface area contributed by atoms with Crippen molar-refractivity contribution in [1.82, 2.24) is 4.98 Å². The number of aliphatic imine (C=N–C) groups is 1. The van der Waals surface area contributed by atoms with Gasteiger partial charge in [-0.15, -0.1) is 0 Å². The minimum atomic E-state index is -1.92. The molecule has 0 aliphatic carbocycles. The van der Waals surface area contributed by atoms with Crippen molar-refractivity contribution < 1.29 is 14.2 Å². The molecule has 1 atom stereocenters. The molecule has 3 N–H and O–H groups in total. The third-order valence-electron chi connectivity index (χ3n) is 3.40. The van der Waals surface area contributed by atoms with Gasteiger partial charge in [-0.2, -0.15) is 4.39 Å². The molecule has 0 fully saturated rings. The summed E-state index contributed by atoms with van der Waals surface area (Å²) in [5, 5.41) is 11.3. The molecule has 5 nitrogen and oxygen atoms in total. The number of nitrogens with zero attached hydrogens (tertiary/aromatic N) is 2. The Morgan fingerprint density at radius 3 is 2.81 bits per heavy atom. The van der Waals surface area contributed by atoms with Gasteiger partial charge in [0.15, 0.2) is 5.60 Å². The SMILES string of the molecule is COc1cnc(F)c(C2(O)C(N)=Nc3ccc(Cl)cc32)c1. The molecule has 2 heterocycles. The number of halogens is 2. The number of methoxy groups -OCH3 is 1. The highest BCUT2D eigenvalue weighted by Gasteiger charge is 2.45. The van der Waals surface area contributed by atoms with E-state index in [1.807, 2.05) is 0 Å². The van der Waals surface area contributed by atoms with E-state index in [4.69, 9.17) is 22.1 Å². The van der Waals surface area contributed by atoms with Crippen LogP contribution in [0.5, 0.6) is 5.75 Å². The lowest BCUT2D eigenvalue weighted by Crippen LogP contribution is -2.40. The highest BCUT2D eigenvalue weighted by atomic mass is 35.5. The summed E-state index contributed by atoms with van der Waals surface area (Å²) in [4.78, 5) is 7.64. The number of benzene rings is 1. The smallest absolute Gasteiger partial charge is 0.220 e. The van der Waals surface area contributed by atoms with E-state index >= 15 is 0 Å². The van der Waals surface area contributed by atoms with Crippen molar-refractivity contribution in [3.8, 4) is 5.75 Å². The largest absolute Gasteiger partial charge is 0.495 e. The van der Waals surface area contributed by atoms with Crippen LogP contribution >= 0.6 is 11.6 Å². The first-order chi connectivity index (χ1) is 9.96. The molecule has 1 aromatic carbocycles. The Labute approximate surface area is 124 Å². The first-order valence-electron chi connectivity index (χ1n) is 6.04. The van der Waals surface area contributed by atoms with Crippen LogP contribution in [-0.2, 0) is 5.60 Å². The van der Waals surface area contributed by atoms with Gasteiger partial charge >= 0.3 is 0 Å². The van der Waals surface area contributed by atoms with Crippen molar-refractivity contribution >= 4 is 23.1 Å². The van der Waals surface area contributed by atoms with Gasteiger partial charge in [0.2, 0.25) is 5.95 Å². The molecular formula is C14H11ClFN3O2. The quantitative estimate of drug-likeness (QED) is 0.833. The van der Waals surface area contributed by atoms with Crippen molar-refractivity contribution in [3.63, 3.8) is 0 Å². The molecule has 0 saturated heterocycles. The van der Waals surface area contributed by atoms with E-state index in [1.54, 1.807) is 12.1 Å². The average Bonchev–Trinajstić information content (AvgIpc) is 2.72. The van der Waals surface area contributed by atoms with Gasteiger partial charge in [-0.25, -0.2) is 9.98 Å². The first kappa shape index (κ1) is 13.8. The van der Waals surface area contributed by atoms with Crippen LogP contribution in [0.15, 0.2) is 35.5 Å². The van der Waals surface area contributed by atoms with Gasteiger partial charge in [-0.1, -0.05) is 11.6 Å². The Bertz CT molecular complexity index is 766. The van der Waals surface area contributed by atoms with E-state index in [0.29, 0.717) is 22.0 Å². The maximum Gasteiger partial charge on any atom is 0.220 e. The van der Waals surface area contributed by atoms with Gasteiger partial charge in [0.05, 0.1) is 24.6 Å². The van der Waals surface area contributed by atoms with Gasteiger partial charge in [0.25, 0.3) is 0 Å². The van der Waals surface area contributed by atoms with E-state index in [-0.39, 0.29) is 11.4 Å². The van der Waals surface area contributed by atoms with Crippen LogP contribution in [0, 0.1) is 5.95 Å². The zero-order valence-corrected chi connectivity index (χ0v) is 11.7. The van der Waals surface area contributed by atoms with E-state index in [2.05, 4.69) is 9.98 Å². The Hall–Kier alpha value is -2.18. The minimum Gasteiger partial charge on any atom is -0.495 e. The maximum atomic E-state index is 14.1. The summed E-state index contributed by atoms with van der Waals surface area (Å²) >= 11 is 5.95. The highest BCUT2D eigenvalue weighted by molar-refractivity contribution is 6.30. The van der Waals surface area contributed by atoms with Crippen LogP contribution in [0.25, 0.3) is 0 Å². The van der Waals surface area contributed by atoms with Crippen molar-refractivity contribution in [1.29, 1.82) is 0 Å². The molecule has 0 radical (unpaired) electrons. The standard InChI is InChI=1S/C14H11ClFN3O2/c1-21-8-5-10(12(16)18-6-8)14(20)9-4-7(15)2-3-11(9)19-13(14)17/h2-6,20H,1H3,(H2,17,19). The Balaban J connectivity index is 2.27. The molecule has 1 aliphatic heterocycles. The number of aromatic nitrogens is 1. The minimum absolute atomic E-state index is 0.135. The van der Waals surface area contributed by atoms with Gasteiger partial charge in [0, 0.05) is 10.6 Å². The molecule has 1 unspecified atom stereocenters. The van der Waals surface area contributed by atoms with E-state index < -0.39 is 11.5 Å². The number of pyridine rings is 1. The fraction of sp³-hybridized carbons (Fsp3) is 0.143. The molecule has 7 heteroatoms. The average molecular weight is 308 g/mol. The summed E-state index contributed by atoms with van der Waals surface area (Å²) in [6, 6.07) is 6.05. The molecule has 3 rings (SSSR count). The molecule has 0 bridgehead atoms. The number of rotatable bonds is 2. The number of fused-ring (bicyclic) bond motifs is 1. The number of nitrogens with two attached hydrogens (primary N) is 1. The third kappa shape index (κ3) is 1.95. The number of aliphatic hydroxyl groups is 1. The monoisotopic (exact) mass is 307 g/mol. The van der Waals surface area contributed by atoms with Gasteiger partial charge < -0.3 is 15.6 Å². The van der Waals surface area contributed by atoms with Crippen LogP contribution in [0.2, 0.25) is 5.02 Å². The molecular weight excluding hydrogens is 297 g/mol. The second kappa shape index (κ2) is 4.68. The molecule has 1 aliphatic rings. The van der Waals surface area contributed by atoms with Crippen LogP contribution in [-0.4, -0.2) is 23.0 Å². The van der Waals surface area contributed by atoms with Crippen molar-refractivity contribution in [2.24, 2.45) is 10.7 Å². The molecule has 0 amide bonds. The Morgan fingerprint density at radius 2 is 2.10 bits per heavy atom. The summed E-state index contributed by atoms with van der Waals surface area (Å²) in [6.45, 7) is 0. The summed E-state index contributed by atoms with van der Waals surface area (Å²) in [5.41, 5.74) is 4.51. The number of amidine groups is 1. The van der Waals surface area contributed by atoms with E-state index in [9.17, 15) is 9.50 Å². The van der Waals surface area contributed by atoms with Crippen molar-refractivity contribution in [2.75, 3.05) is 7.11 Å². The van der Waals surface area contributed by atoms with Crippen LogP contribution in [0.3, 0.4) is 0 Å². The Morgan fingerprint density at radius 1 is 1.33 bits per heavy atom. The second-order valence-electron chi connectivity index (χ2n) is 4.58. The van der Waals surface area contributed by atoms with Crippen LogP contribution < -0.4 is 10.5 Å². The number of hydrogen-bond acceptors (Lipinski definition) is 5. The Kier molecular flexibility index (Phi) is 3.07. The lowest BCUT2D eigenvalue weighted by atomic mass is 9.87.